The summed E-state index contributed by atoms with van der Waals surface area (Å²) in [4.78, 5) is 34.6. The molecule has 0 aromatic rings. The zero-order valence-electron chi connectivity index (χ0n) is 9.54. The molecule has 18 heavy (non-hydrogen) atoms. The van der Waals surface area contributed by atoms with Crippen molar-refractivity contribution in [1.82, 2.24) is 0 Å². The smallest absolute Gasteiger partial charge is 0.413 e. The lowest BCUT2D eigenvalue weighted by Crippen LogP contribution is -2.54. The Hall–Kier alpha value is -1.67. The summed E-state index contributed by atoms with van der Waals surface area (Å²) in [5.41, 5.74) is -2.36. The monoisotopic (exact) mass is 260 g/mol. The largest absolute Gasteiger partial charge is 0.451 e. The predicted molar refractivity (Wildman–Crippen MR) is 51.5 cm³/mol. The van der Waals surface area contributed by atoms with E-state index in [-0.39, 0.29) is 6.42 Å². The van der Waals surface area contributed by atoms with Gasteiger partial charge in [0, 0.05) is 0 Å². The highest BCUT2D eigenvalue weighted by atomic mass is 16.9. The number of aliphatic hydroxyl groups is 2. The molecule has 0 saturated carbocycles. The van der Waals surface area contributed by atoms with Gasteiger partial charge in [0.15, 0.2) is 5.60 Å². The zero-order valence-corrected chi connectivity index (χ0v) is 9.54. The van der Waals surface area contributed by atoms with Gasteiger partial charge >= 0.3 is 23.9 Å². The molecule has 2 rings (SSSR count). The Kier molecular flexibility index (Phi) is 2.78. The topological polar surface area (TPSA) is 119 Å². The number of carbonyl (C=O) groups excluding carboxylic acids is 3. The van der Waals surface area contributed by atoms with E-state index in [2.05, 4.69) is 9.47 Å². The SMILES string of the molecule is CCC1OC(=O)CC2(O)CC(=O)OC1(O)OC2=O. The third-order valence-electron chi connectivity index (χ3n) is 2.80. The van der Waals surface area contributed by atoms with E-state index in [1.165, 1.54) is 6.92 Å². The Morgan fingerprint density at radius 1 is 1.17 bits per heavy atom. The summed E-state index contributed by atoms with van der Waals surface area (Å²) < 4.78 is 14.0. The molecule has 0 spiro atoms. The lowest BCUT2D eigenvalue weighted by molar-refractivity contribution is -0.362. The van der Waals surface area contributed by atoms with Gasteiger partial charge in [0.2, 0.25) is 6.10 Å². The third-order valence-corrected chi connectivity index (χ3v) is 2.80. The number of rotatable bonds is 1. The van der Waals surface area contributed by atoms with E-state index in [1.807, 2.05) is 0 Å². The molecular formula is C10H12O8. The van der Waals surface area contributed by atoms with E-state index < -0.39 is 48.4 Å². The van der Waals surface area contributed by atoms with Crippen molar-refractivity contribution in [2.75, 3.05) is 0 Å². The summed E-state index contributed by atoms with van der Waals surface area (Å²) >= 11 is 0. The number of cyclic esters (lactones) is 1. The van der Waals surface area contributed by atoms with Crippen molar-refractivity contribution in [1.29, 1.82) is 0 Å². The van der Waals surface area contributed by atoms with Crippen LogP contribution < -0.4 is 0 Å². The van der Waals surface area contributed by atoms with Crippen molar-refractivity contribution >= 4 is 17.9 Å². The van der Waals surface area contributed by atoms with Gasteiger partial charge in [0.05, 0.1) is 12.8 Å². The molecular weight excluding hydrogens is 248 g/mol. The molecule has 0 radical (unpaired) electrons. The molecule has 3 atom stereocenters. The number of hydrogen-bond acceptors (Lipinski definition) is 8. The second-order valence-corrected chi connectivity index (χ2v) is 4.27. The van der Waals surface area contributed by atoms with Crippen molar-refractivity contribution in [3.05, 3.63) is 0 Å². The molecule has 8 nitrogen and oxygen atoms in total. The molecule has 2 heterocycles. The standard InChI is InChI=1S/C10H12O8/c1-2-5-10(15)17-7(12)4-9(14,8(13)18-10)3-6(11)16-5/h5,14-15H,2-4H2,1H3. The van der Waals surface area contributed by atoms with Crippen LogP contribution in [-0.2, 0) is 28.6 Å². The highest BCUT2D eigenvalue weighted by Crippen LogP contribution is 2.34. The van der Waals surface area contributed by atoms with E-state index >= 15 is 0 Å². The van der Waals surface area contributed by atoms with Crippen LogP contribution in [0.1, 0.15) is 26.2 Å². The molecule has 2 N–H and O–H groups in total. The van der Waals surface area contributed by atoms with Gasteiger partial charge in [-0.15, -0.1) is 0 Å². The molecule has 2 fully saturated rings. The van der Waals surface area contributed by atoms with Crippen molar-refractivity contribution in [2.45, 2.75) is 43.9 Å². The summed E-state index contributed by atoms with van der Waals surface area (Å²) in [5.74, 6) is -5.95. The van der Waals surface area contributed by atoms with Gasteiger partial charge < -0.3 is 24.4 Å². The first-order valence-electron chi connectivity index (χ1n) is 5.38. The number of carbonyl (C=O) groups is 3. The zero-order chi connectivity index (χ0) is 13.6. The fourth-order valence-corrected chi connectivity index (χ4v) is 1.88. The van der Waals surface area contributed by atoms with Crippen LogP contribution in [-0.4, -0.2) is 45.8 Å². The van der Waals surface area contributed by atoms with Gasteiger partial charge in [0.1, 0.15) is 0 Å². The van der Waals surface area contributed by atoms with Gasteiger partial charge in [0.25, 0.3) is 0 Å². The molecule has 0 aromatic carbocycles. The van der Waals surface area contributed by atoms with E-state index in [1.54, 1.807) is 0 Å². The summed E-state index contributed by atoms with van der Waals surface area (Å²) in [6.07, 6.45) is -2.78. The quantitative estimate of drug-likeness (QED) is 0.551. The molecule has 0 amide bonds. The van der Waals surface area contributed by atoms with Crippen LogP contribution in [0.2, 0.25) is 0 Å². The molecule has 0 aliphatic carbocycles. The summed E-state index contributed by atoms with van der Waals surface area (Å²) in [5, 5.41) is 19.9. The average molecular weight is 260 g/mol. The number of ether oxygens (including phenoxy) is 3. The van der Waals surface area contributed by atoms with E-state index in [9.17, 15) is 24.6 Å². The van der Waals surface area contributed by atoms with E-state index in [0.29, 0.717) is 0 Å². The van der Waals surface area contributed by atoms with Gasteiger partial charge in [-0.1, -0.05) is 6.92 Å². The fraction of sp³-hybridized carbons (Fsp3) is 0.700. The maximum atomic E-state index is 11.7. The first-order valence-corrected chi connectivity index (χ1v) is 5.38. The van der Waals surface area contributed by atoms with E-state index in [0.717, 1.165) is 0 Å². The van der Waals surface area contributed by atoms with Crippen molar-refractivity contribution in [3.8, 4) is 0 Å². The molecule has 2 aliphatic heterocycles. The van der Waals surface area contributed by atoms with Crippen LogP contribution in [0.4, 0.5) is 0 Å². The van der Waals surface area contributed by atoms with Crippen LogP contribution in [0.5, 0.6) is 0 Å². The summed E-state index contributed by atoms with van der Waals surface area (Å²) in [7, 11) is 0. The van der Waals surface area contributed by atoms with Crippen molar-refractivity contribution in [3.63, 3.8) is 0 Å². The van der Waals surface area contributed by atoms with Gasteiger partial charge in [-0.3, -0.25) is 9.59 Å². The maximum Gasteiger partial charge on any atom is 0.413 e. The maximum absolute atomic E-state index is 11.7. The first kappa shape index (κ1) is 12.8. The number of esters is 3. The molecule has 8 heteroatoms. The van der Waals surface area contributed by atoms with Crippen molar-refractivity contribution < 1.29 is 38.8 Å². The van der Waals surface area contributed by atoms with E-state index in [4.69, 9.17) is 4.74 Å². The Morgan fingerprint density at radius 2 is 1.78 bits per heavy atom. The van der Waals surface area contributed by atoms with Crippen LogP contribution in [0.15, 0.2) is 0 Å². The second kappa shape index (κ2) is 3.92. The number of fused-ring (bicyclic) bond motifs is 3. The summed E-state index contributed by atoms with van der Waals surface area (Å²) in [6, 6.07) is 0. The Balaban J connectivity index is 2.48. The molecule has 100 valence electrons. The molecule has 3 unspecified atom stereocenters. The molecule has 2 aliphatic rings. The molecule has 2 bridgehead atoms. The molecule has 0 aromatic heterocycles. The van der Waals surface area contributed by atoms with Crippen LogP contribution in [0.3, 0.4) is 0 Å². The summed E-state index contributed by atoms with van der Waals surface area (Å²) in [6.45, 7) is 1.54. The minimum atomic E-state index is -2.69. The van der Waals surface area contributed by atoms with Crippen LogP contribution in [0.25, 0.3) is 0 Å². The first-order chi connectivity index (χ1) is 8.29. The Morgan fingerprint density at radius 3 is 2.39 bits per heavy atom. The van der Waals surface area contributed by atoms with Gasteiger partial charge in [-0.25, -0.2) is 4.79 Å². The minimum absolute atomic E-state index is 0.0568. The fourth-order valence-electron chi connectivity index (χ4n) is 1.88. The predicted octanol–water partition coefficient (Wildman–Crippen LogP) is -1.42. The Bertz CT molecular complexity index is 418. The highest BCUT2D eigenvalue weighted by Gasteiger charge is 2.58. The highest BCUT2D eigenvalue weighted by molar-refractivity contribution is 5.91. The minimum Gasteiger partial charge on any atom is -0.451 e. The Labute approximate surface area is 101 Å². The van der Waals surface area contributed by atoms with Gasteiger partial charge in [-0.05, 0) is 6.42 Å². The third kappa shape index (κ3) is 1.93. The second-order valence-electron chi connectivity index (χ2n) is 4.27. The molecule has 2 saturated heterocycles. The van der Waals surface area contributed by atoms with Crippen molar-refractivity contribution in [2.24, 2.45) is 0 Å². The lowest BCUT2D eigenvalue weighted by Gasteiger charge is -2.34. The normalized spacial score (nSPS) is 40.2. The van der Waals surface area contributed by atoms with Gasteiger partial charge in [-0.2, -0.15) is 0 Å². The number of hydrogen-bond donors (Lipinski definition) is 2. The lowest BCUT2D eigenvalue weighted by atomic mass is 9.95. The van der Waals surface area contributed by atoms with Crippen LogP contribution >= 0.6 is 0 Å². The van der Waals surface area contributed by atoms with Crippen LogP contribution in [0, 0.1) is 0 Å². The average Bonchev–Trinajstić information content (AvgIpc) is 2.28.